The Labute approximate surface area is 156 Å². The normalized spacial score (nSPS) is 39.5. The minimum atomic E-state index is -0.861. The number of rotatable bonds is 2. The maximum absolute atomic E-state index is 12.7. The summed E-state index contributed by atoms with van der Waals surface area (Å²) in [6, 6.07) is 10.8. The van der Waals surface area contributed by atoms with Crippen LogP contribution in [0.3, 0.4) is 0 Å². The van der Waals surface area contributed by atoms with Crippen LogP contribution in [-0.4, -0.2) is 33.3 Å². The van der Waals surface area contributed by atoms with Crippen molar-refractivity contribution in [1.82, 2.24) is 0 Å². The van der Waals surface area contributed by atoms with Crippen molar-refractivity contribution in [2.24, 2.45) is 22.2 Å². The van der Waals surface area contributed by atoms with Crippen LogP contribution in [0.25, 0.3) is 0 Å². The number of benzene rings is 1. The summed E-state index contributed by atoms with van der Waals surface area (Å²) < 4.78 is 6.67. The van der Waals surface area contributed by atoms with E-state index in [1.54, 1.807) is 0 Å². The molecule has 4 heteroatoms. The molecule has 0 bridgehead atoms. The van der Waals surface area contributed by atoms with E-state index in [9.17, 15) is 9.59 Å². The van der Waals surface area contributed by atoms with Crippen molar-refractivity contribution in [3.8, 4) is 0 Å². The molecule has 4 rings (SSSR count). The molecular formula is C21H26O3Se. The molecule has 0 N–H and O–H groups in total. The number of ketones is 1. The summed E-state index contributed by atoms with van der Waals surface area (Å²) in [6.45, 7) is 6.92. The van der Waals surface area contributed by atoms with Crippen LogP contribution < -0.4 is 4.46 Å². The van der Waals surface area contributed by atoms with E-state index in [-0.39, 0.29) is 29.2 Å². The van der Waals surface area contributed by atoms with Gasteiger partial charge in [0.15, 0.2) is 0 Å². The van der Waals surface area contributed by atoms with E-state index in [4.69, 9.17) is 4.74 Å². The fraction of sp³-hybridized carbons (Fsp3) is 0.619. The Bertz CT molecular complexity index is 695. The minimum absolute atomic E-state index is 0.0149. The Kier molecular flexibility index (Phi) is 3.94. The molecule has 2 saturated carbocycles. The summed E-state index contributed by atoms with van der Waals surface area (Å²) >= 11 is 0.419. The number of hydrogen-bond acceptors (Lipinski definition) is 3. The molecule has 3 nitrogen and oxygen atoms in total. The van der Waals surface area contributed by atoms with Gasteiger partial charge in [0.1, 0.15) is 0 Å². The maximum atomic E-state index is 12.7. The van der Waals surface area contributed by atoms with Crippen molar-refractivity contribution in [2.45, 2.75) is 51.3 Å². The fourth-order valence-corrected chi connectivity index (χ4v) is 8.85. The standard InChI is InChI=1S/C21H26O3Se/c1-19(2)15-9-12-21(16(22)13-24-18(21)23)20(15,3)11-10-17(19)25-14-7-5-4-6-8-14/h4-8,15,17H,9-13H2,1-3H3/t15-,17-,20-,21?/m0/s1. The Hall–Kier alpha value is -1.12. The molecule has 25 heavy (non-hydrogen) atoms. The molecule has 2 aliphatic carbocycles. The van der Waals surface area contributed by atoms with Crippen molar-refractivity contribution >= 4 is 31.2 Å². The Morgan fingerprint density at radius 2 is 1.76 bits per heavy atom. The van der Waals surface area contributed by atoms with E-state index in [0.717, 1.165) is 19.3 Å². The van der Waals surface area contributed by atoms with E-state index in [2.05, 4.69) is 51.1 Å². The first-order chi connectivity index (χ1) is 11.8. The van der Waals surface area contributed by atoms with Gasteiger partial charge in [-0.25, -0.2) is 0 Å². The Morgan fingerprint density at radius 3 is 2.40 bits per heavy atom. The molecule has 3 fully saturated rings. The second kappa shape index (κ2) is 5.69. The summed E-state index contributed by atoms with van der Waals surface area (Å²) in [5, 5.41) is 0. The molecular weight excluding hydrogens is 379 g/mol. The van der Waals surface area contributed by atoms with Gasteiger partial charge >= 0.3 is 156 Å². The Morgan fingerprint density at radius 1 is 1.04 bits per heavy atom. The SMILES string of the molecule is CC1(C)[C@@H]([Se]c2ccccc2)CC[C@@]2(C)[C@H]1CCC21C(=O)COC1=O. The van der Waals surface area contributed by atoms with Crippen LogP contribution in [0.4, 0.5) is 0 Å². The number of carbonyl (C=O) groups excluding carboxylic acids is 2. The number of carbonyl (C=O) groups is 2. The van der Waals surface area contributed by atoms with Gasteiger partial charge in [-0.2, -0.15) is 0 Å². The second-order valence-electron chi connectivity index (χ2n) is 8.69. The van der Waals surface area contributed by atoms with Crippen molar-refractivity contribution in [1.29, 1.82) is 0 Å². The molecule has 3 aliphatic rings. The van der Waals surface area contributed by atoms with E-state index < -0.39 is 5.41 Å². The molecule has 134 valence electrons. The second-order valence-corrected chi connectivity index (χ2v) is 11.4. The monoisotopic (exact) mass is 406 g/mol. The third-order valence-electron chi connectivity index (χ3n) is 7.39. The molecule has 0 aromatic heterocycles. The first-order valence-corrected chi connectivity index (χ1v) is 11.1. The molecule has 0 radical (unpaired) electrons. The van der Waals surface area contributed by atoms with Gasteiger partial charge in [0.05, 0.1) is 0 Å². The van der Waals surface area contributed by atoms with Gasteiger partial charge in [-0.3, -0.25) is 0 Å². The number of Topliss-reactive ketones (excluding diaryl/α,β-unsaturated/α-hetero) is 1. The zero-order valence-corrected chi connectivity index (χ0v) is 16.9. The average molecular weight is 405 g/mol. The predicted octanol–water partition coefficient (Wildman–Crippen LogP) is 3.15. The van der Waals surface area contributed by atoms with E-state index in [0.29, 0.717) is 32.1 Å². The van der Waals surface area contributed by atoms with Gasteiger partial charge in [0, 0.05) is 0 Å². The van der Waals surface area contributed by atoms with E-state index in [1.165, 1.54) is 4.46 Å². The van der Waals surface area contributed by atoms with Crippen LogP contribution in [0.15, 0.2) is 30.3 Å². The van der Waals surface area contributed by atoms with Crippen LogP contribution in [-0.2, 0) is 14.3 Å². The van der Waals surface area contributed by atoms with Gasteiger partial charge in [-0.15, -0.1) is 0 Å². The Balaban J connectivity index is 1.66. The molecule has 1 aromatic carbocycles. The van der Waals surface area contributed by atoms with Gasteiger partial charge in [-0.05, 0) is 0 Å². The third-order valence-corrected chi connectivity index (χ3v) is 10.9. The molecule has 1 aromatic rings. The summed E-state index contributed by atoms with van der Waals surface area (Å²) in [6.07, 6.45) is 3.70. The molecule has 0 amide bonds. The number of cyclic esters (lactones) is 1. The van der Waals surface area contributed by atoms with Crippen LogP contribution in [0.1, 0.15) is 46.5 Å². The first-order valence-electron chi connectivity index (χ1n) is 9.24. The zero-order valence-electron chi connectivity index (χ0n) is 15.2. The van der Waals surface area contributed by atoms with Crippen LogP contribution in [0.2, 0.25) is 4.82 Å². The third kappa shape index (κ3) is 2.23. The first kappa shape index (κ1) is 17.3. The molecule has 1 unspecified atom stereocenters. The van der Waals surface area contributed by atoms with Gasteiger partial charge in [0.2, 0.25) is 0 Å². The number of fused-ring (bicyclic) bond motifs is 2. The fourth-order valence-electron chi connectivity index (χ4n) is 6.03. The summed E-state index contributed by atoms with van der Waals surface area (Å²) in [4.78, 5) is 26.0. The van der Waals surface area contributed by atoms with Gasteiger partial charge in [-0.1, -0.05) is 0 Å². The van der Waals surface area contributed by atoms with Crippen LogP contribution in [0, 0.1) is 22.2 Å². The molecule has 1 aliphatic heterocycles. The van der Waals surface area contributed by atoms with Crippen LogP contribution in [0.5, 0.6) is 0 Å². The van der Waals surface area contributed by atoms with Crippen molar-refractivity contribution in [3.05, 3.63) is 30.3 Å². The number of hydrogen-bond donors (Lipinski definition) is 0. The molecule has 4 atom stereocenters. The van der Waals surface area contributed by atoms with Crippen molar-refractivity contribution in [2.75, 3.05) is 6.61 Å². The number of esters is 1. The van der Waals surface area contributed by atoms with E-state index in [1.807, 2.05) is 0 Å². The van der Waals surface area contributed by atoms with Crippen molar-refractivity contribution < 1.29 is 14.3 Å². The van der Waals surface area contributed by atoms with Crippen molar-refractivity contribution in [3.63, 3.8) is 0 Å². The zero-order chi connectivity index (χ0) is 17.9. The van der Waals surface area contributed by atoms with Gasteiger partial charge < -0.3 is 0 Å². The van der Waals surface area contributed by atoms with Crippen LogP contribution >= 0.6 is 0 Å². The summed E-state index contributed by atoms with van der Waals surface area (Å²) in [7, 11) is 0. The molecule has 1 heterocycles. The molecule has 1 saturated heterocycles. The summed E-state index contributed by atoms with van der Waals surface area (Å²) in [5.74, 6) is 0.189. The predicted molar refractivity (Wildman–Crippen MR) is 97.8 cm³/mol. The molecule has 1 spiro atoms. The van der Waals surface area contributed by atoms with Gasteiger partial charge in [0.25, 0.3) is 0 Å². The number of ether oxygens (including phenoxy) is 1. The quantitative estimate of drug-likeness (QED) is 0.431. The topological polar surface area (TPSA) is 43.4 Å². The summed E-state index contributed by atoms with van der Waals surface area (Å²) in [5.41, 5.74) is -0.973. The van der Waals surface area contributed by atoms with E-state index >= 15 is 0 Å². The average Bonchev–Trinajstić information content (AvgIpc) is 3.06.